The van der Waals surface area contributed by atoms with Crippen LogP contribution < -0.4 is 10.2 Å². The third kappa shape index (κ3) is 5.55. The molecule has 2 N–H and O–H groups in total. The van der Waals surface area contributed by atoms with Crippen LogP contribution in [-0.2, 0) is 17.4 Å². The van der Waals surface area contributed by atoms with Crippen molar-refractivity contribution in [1.82, 2.24) is 15.2 Å². The van der Waals surface area contributed by atoms with Gasteiger partial charge in [0.05, 0.1) is 23.1 Å². The second kappa shape index (κ2) is 10.8. The number of rotatable bonds is 5. The Kier molecular flexibility index (Phi) is 7.00. The SMILES string of the molecule is O=C1Cc2ccccc2C(c2ccccc2)=N[C@@H]1Nc1nnc(-c2ncc(C(F)(F)F)cc2N2CCC(O)CC2)o1. The molecule has 0 aliphatic carbocycles. The van der Waals surface area contributed by atoms with Crippen LogP contribution in [-0.4, -0.2) is 57.1 Å². The van der Waals surface area contributed by atoms with Gasteiger partial charge >= 0.3 is 12.2 Å². The molecule has 2 aliphatic rings. The topological polar surface area (TPSA) is 117 Å². The quantitative estimate of drug-likeness (QED) is 0.365. The van der Waals surface area contributed by atoms with Gasteiger partial charge in [0.25, 0.3) is 5.89 Å². The molecule has 0 amide bonds. The average molecular weight is 563 g/mol. The third-order valence-electron chi connectivity index (χ3n) is 7.14. The molecule has 6 rings (SSSR count). The van der Waals surface area contributed by atoms with E-state index in [1.165, 1.54) is 0 Å². The molecule has 1 saturated heterocycles. The lowest BCUT2D eigenvalue weighted by molar-refractivity contribution is -0.137. The van der Waals surface area contributed by atoms with Crippen LogP contribution in [0.25, 0.3) is 11.6 Å². The maximum Gasteiger partial charge on any atom is 0.417 e. The Morgan fingerprint density at radius 3 is 2.49 bits per heavy atom. The first-order chi connectivity index (χ1) is 19.8. The van der Waals surface area contributed by atoms with E-state index in [-0.39, 0.29) is 35.5 Å². The smallest absolute Gasteiger partial charge is 0.402 e. The number of carbonyl (C=O) groups is 1. The van der Waals surface area contributed by atoms with E-state index in [2.05, 4.69) is 20.5 Å². The van der Waals surface area contributed by atoms with Crippen molar-refractivity contribution in [2.75, 3.05) is 23.3 Å². The number of fused-ring (bicyclic) bond motifs is 1. The number of ketones is 1. The van der Waals surface area contributed by atoms with Gasteiger partial charge in [0.15, 0.2) is 17.6 Å². The summed E-state index contributed by atoms with van der Waals surface area (Å²) in [5, 5.41) is 20.8. The summed E-state index contributed by atoms with van der Waals surface area (Å²) in [5.41, 5.74) is 2.47. The third-order valence-corrected chi connectivity index (χ3v) is 7.14. The number of halogens is 3. The van der Waals surface area contributed by atoms with Crippen molar-refractivity contribution in [3.63, 3.8) is 0 Å². The lowest BCUT2D eigenvalue weighted by atomic mass is 9.96. The number of anilines is 2. The fraction of sp³-hybridized carbons (Fsp3) is 0.276. The molecule has 2 aromatic carbocycles. The maximum absolute atomic E-state index is 13.5. The highest BCUT2D eigenvalue weighted by atomic mass is 19.4. The second-order valence-electron chi connectivity index (χ2n) is 9.91. The summed E-state index contributed by atoms with van der Waals surface area (Å²) < 4.78 is 46.3. The highest BCUT2D eigenvalue weighted by Gasteiger charge is 2.34. The van der Waals surface area contributed by atoms with Crippen LogP contribution in [0.1, 0.15) is 35.1 Å². The number of aliphatic hydroxyl groups excluding tert-OH is 1. The zero-order valence-electron chi connectivity index (χ0n) is 21.7. The fourth-order valence-corrected chi connectivity index (χ4v) is 5.01. The molecule has 2 aliphatic heterocycles. The predicted molar refractivity (Wildman–Crippen MR) is 145 cm³/mol. The monoisotopic (exact) mass is 562 g/mol. The Balaban J connectivity index is 1.33. The fourth-order valence-electron chi connectivity index (χ4n) is 5.01. The zero-order chi connectivity index (χ0) is 28.6. The van der Waals surface area contributed by atoms with E-state index in [4.69, 9.17) is 9.41 Å². The lowest BCUT2D eigenvalue weighted by Crippen LogP contribution is -2.36. The number of hydrogen-bond donors (Lipinski definition) is 2. The number of aromatic nitrogens is 3. The first-order valence-corrected chi connectivity index (χ1v) is 13.1. The van der Waals surface area contributed by atoms with E-state index in [1.807, 2.05) is 54.6 Å². The molecule has 0 saturated carbocycles. The van der Waals surface area contributed by atoms with E-state index >= 15 is 0 Å². The van der Waals surface area contributed by atoms with Gasteiger partial charge < -0.3 is 19.7 Å². The standard InChI is InChI=1S/C29H25F3N6O3/c30-29(31,32)19-15-22(38-12-10-20(39)11-13-38)25(33-16-19)27-36-37-28(41-27)35-26-23(40)14-18-8-4-5-9-21(18)24(34-26)17-6-2-1-3-7-17/h1-9,15-16,20,26,39H,10-14H2,(H,35,37)/t26-/m1/s1. The summed E-state index contributed by atoms with van der Waals surface area (Å²) >= 11 is 0. The van der Waals surface area contributed by atoms with Crippen LogP contribution >= 0.6 is 0 Å². The van der Waals surface area contributed by atoms with E-state index < -0.39 is 24.0 Å². The first kappa shape index (κ1) is 26.6. The van der Waals surface area contributed by atoms with E-state index in [9.17, 15) is 23.1 Å². The predicted octanol–water partition coefficient (Wildman–Crippen LogP) is 4.51. The minimum Gasteiger partial charge on any atom is -0.402 e. The van der Waals surface area contributed by atoms with Crippen LogP contribution in [0, 0.1) is 0 Å². The van der Waals surface area contributed by atoms with Gasteiger partial charge in [-0.05, 0) is 24.5 Å². The number of nitrogens with zero attached hydrogens (tertiary/aromatic N) is 5. The van der Waals surface area contributed by atoms with Crippen LogP contribution in [0.5, 0.6) is 0 Å². The minimum absolute atomic E-state index is 0.0722. The number of aliphatic hydroxyl groups is 1. The second-order valence-corrected chi connectivity index (χ2v) is 9.91. The average Bonchev–Trinajstić information content (AvgIpc) is 3.38. The number of pyridine rings is 1. The summed E-state index contributed by atoms with van der Waals surface area (Å²) in [7, 11) is 0. The van der Waals surface area contributed by atoms with Crippen LogP contribution in [0.4, 0.5) is 24.9 Å². The summed E-state index contributed by atoms with van der Waals surface area (Å²) in [5.74, 6) is -0.331. The van der Waals surface area contributed by atoms with Crippen LogP contribution in [0.15, 0.2) is 76.3 Å². The molecule has 210 valence electrons. The number of alkyl halides is 3. The molecule has 4 aromatic rings. The zero-order valence-corrected chi connectivity index (χ0v) is 21.7. The summed E-state index contributed by atoms with van der Waals surface area (Å²) in [4.78, 5) is 23.7. The number of nitrogens with one attached hydrogen (secondary N) is 1. The maximum atomic E-state index is 13.5. The number of aliphatic imine (C=N–C) groups is 1. The highest BCUT2D eigenvalue weighted by molar-refractivity contribution is 6.16. The van der Waals surface area contributed by atoms with Gasteiger partial charge in [-0.2, -0.15) is 13.2 Å². The van der Waals surface area contributed by atoms with E-state index in [0.29, 0.717) is 31.6 Å². The molecule has 0 radical (unpaired) electrons. The number of Topliss-reactive ketones (excluding diaryl/α,β-unsaturated/α-hetero) is 1. The lowest BCUT2D eigenvalue weighted by Gasteiger charge is -2.32. The molecule has 0 bridgehead atoms. The molecule has 2 aromatic heterocycles. The minimum atomic E-state index is -4.59. The molecule has 1 fully saturated rings. The normalized spacial score (nSPS) is 18.0. The number of piperidine rings is 1. The van der Waals surface area contributed by atoms with E-state index in [1.54, 1.807) is 4.90 Å². The van der Waals surface area contributed by atoms with Crippen molar-refractivity contribution in [3.05, 3.63) is 89.1 Å². The van der Waals surface area contributed by atoms with Crippen molar-refractivity contribution in [3.8, 4) is 11.6 Å². The molecular weight excluding hydrogens is 537 g/mol. The number of carbonyl (C=O) groups excluding carboxylic acids is 1. The Bertz CT molecular complexity index is 1600. The molecule has 9 nitrogen and oxygen atoms in total. The summed E-state index contributed by atoms with van der Waals surface area (Å²) in [6.07, 6.45) is -4.51. The van der Waals surface area contributed by atoms with Crippen molar-refractivity contribution >= 4 is 23.2 Å². The van der Waals surface area contributed by atoms with Crippen molar-refractivity contribution in [2.45, 2.75) is 37.7 Å². The van der Waals surface area contributed by atoms with Gasteiger partial charge in [0.1, 0.15) is 0 Å². The molecule has 0 spiro atoms. The molecule has 1 atom stereocenters. The van der Waals surface area contributed by atoms with Gasteiger partial charge in [-0.25, -0.2) is 4.98 Å². The number of benzene rings is 2. The van der Waals surface area contributed by atoms with Crippen LogP contribution in [0.3, 0.4) is 0 Å². The Morgan fingerprint density at radius 2 is 1.73 bits per heavy atom. The Hall–Kier alpha value is -4.58. The first-order valence-electron chi connectivity index (χ1n) is 13.1. The molecule has 12 heteroatoms. The molecule has 0 unspecified atom stereocenters. The van der Waals surface area contributed by atoms with Gasteiger partial charge in [0, 0.05) is 36.8 Å². The summed E-state index contributed by atoms with van der Waals surface area (Å²) in [6.45, 7) is 0.676. The van der Waals surface area contributed by atoms with Gasteiger partial charge in [-0.3, -0.25) is 9.79 Å². The number of hydrogen-bond acceptors (Lipinski definition) is 9. The summed E-state index contributed by atoms with van der Waals surface area (Å²) in [6, 6.07) is 17.9. The molecule has 41 heavy (non-hydrogen) atoms. The van der Waals surface area contributed by atoms with E-state index in [0.717, 1.165) is 29.0 Å². The Morgan fingerprint density at radius 1 is 1.00 bits per heavy atom. The molecular formula is C29H25F3N6O3. The van der Waals surface area contributed by atoms with Gasteiger partial charge in [0.2, 0.25) is 0 Å². The van der Waals surface area contributed by atoms with Crippen molar-refractivity contribution in [2.24, 2.45) is 4.99 Å². The van der Waals surface area contributed by atoms with Gasteiger partial charge in [-0.15, -0.1) is 5.10 Å². The van der Waals surface area contributed by atoms with Crippen LogP contribution in [0.2, 0.25) is 0 Å². The highest BCUT2D eigenvalue weighted by Crippen LogP contribution is 2.37. The van der Waals surface area contributed by atoms with Crippen molar-refractivity contribution < 1.29 is 27.5 Å². The van der Waals surface area contributed by atoms with Gasteiger partial charge in [-0.1, -0.05) is 59.7 Å². The Labute approximate surface area is 232 Å². The van der Waals surface area contributed by atoms with Crippen molar-refractivity contribution in [1.29, 1.82) is 0 Å². The molecule has 4 heterocycles. The largest absolute Gasteiger partial charge is 0.417 e.